The van der Waals surface area contributed by atoms with Crippen LogP contribution in [0.25, 0.3) is 0 Å². The molecule has 0 unspecified atom stereocenters. The van der Waals surface area contributed by atoms with Gasteiger partial charge in [-0.2, -0.15) is 0 Å². The van der Waals surface area contributed by atoms with E-state index in [1.54, 1.807) is 14.2 Å². The number of rotatable bonds is 10. The van der Waals surface area contributed by atoms with Crippen LogP contribution in [0.3, 0.4) is 0 Å². The Bertz CT molecular complexity index is 434. The van der Waals surface area contributed by atoms with Gasteiger partial charge in [0.2, 0.25) is 0 Å². The molecule has 0 heterocycles. The molecule has 124 valence electrons. The second-order valence-corrected chi connectivity index (χ2v) is 5.19. The fraction of sp³-hybridized carbons (Fsp3) is 0.588. The van der Waals surface area contributed by atoms with Gasteiger partial charge in [0, 0.05) is 58.8 Å². The number of ether oxygens (including phenoxy) is 2. The Labute approximate surface area is 133 Å². The van der Waals surface area contributed by atoms with Crippen molar-refractivity contribution in [1.82, 2.24) is 4.90 Å². The Hall–Kier alpha value is -1.59. The van der Waals surface area contributed by atoms with Crippen molar-refractivity contribution in [1.29, 1.82) is 0 Å². The molecule has 1 aromatic rings. The van der Waals surface area contributed by atoms with Gasteiger partial charge in [-0.1, -0.05) is 0 Å². The average Bonchev–Trinajstić information content (AvgIpc) is 2.56. The van der Waals surface area contributed by atoms with E-state index in [0.717, 1.165) is 18.7 Å². The van der Waals surface area contributed by atoms with Gasteiger partial charge in [-0.05, 0) is 37.6 Å². The highest BCUT2D eigenvalue weighted by Gasteiger charge is 2.15. The number of nitrogens with zero attached hydrogens (tertiary/aromatic N) is 2. The molecule has 0 aliphatic carbocycles. The summed E-state index contributed by atoms with van der Waals surface area (Å²) in [5, 5.41) is 0. The second kappa shape index (κ2) is 10.2. The number of benzene rings is 1. The SMILES string of the molecule is CCN(C)c1ccc(C(=O)N(CCCOC)CCOC)cc1. The predicted octanol–water partition coefficient (Wildman–Crippen LogP) is 2.27. The zero-order chi connectivity index (χ0) is 16.4. The highest BCUT2D eigenvalue weighted by Crippen LogP contribution is 2.15. The lowest BCUT2D eigenvalue weighted by Crippen LogP contribution is -2.35. The first-order valence-corrected chi connectivity index (χ1v) is 7.72. The summed E-state index contributed by atoms with van der Waals surface area (Å²) < 4.78 is 10.2. The Kier molecular flexibility index (Phi) is 8.55. The molecule has 22 heavy (non-hydrogen) atoms. The van der Waals surface area contributed by atoms with E-state index in [1.807, 2.05) is 36.2 Å². The summed E-state index contributed by atoms with van der Waals surface area (Å²) in [6, 6.07) is 7.75. The van der Waals surface area contributed by atoms with Gasteiger partial charge in [0.25, 0.3) is 5.91 Å². The van der Waals surface area contributed by atoms with Crippen LogP contribution in [-0.4, -0.2) is 64.9 Å². The molecule has 0 saturated heterocycles. The van der Waals surface area contributed by atoms with E-state index in [9.17, 15) is 4.79 Å². The molecule has 0 radical (unpaired) electrons. The topological polar surface area (TPSA) is 42.0 Å². The first-order chi connectivity index (χ1) is 10.6. The van der Waals surface area contributed by atoms with Gasteiger partial charge in [-0.25, -0.2) is 0 Å². The van der Waals surface area contributed by atoms with Gasteiger partial charge < -0.3 is 19.3 Å². The molecule has 5 heteroatoms. The molecular formula is C17H28N2O3. The quantitative estimate of drug-likeness (QED) is 0.622. The molecule has 0 aliphatic heterocycles. The lowest BCUT2D eigenvalue weighted by atomic mass is 10.1. The summed E-state index contributed by atoms with van der Waals surface area (Å²) in [6.07, 6.45) is 0.822. The summed E-state index contributed by atoms with van der Waals surface area (Å²) in [5.74, 6) is 0.0406. The zero-order valence-corrected chi connectivity index (χ0v) is 14.2. The first kappa shape index (κ1) is 18.5. The number of carbonyl (C=O) groups is 1. The van der Waals surface area contributed by atoms with Crippen LogP contribution in [0.15, 0.2) is 24.3 Å². The zero-order valence-electron chi connectivity index (χ0n) is 14.2. The third kappa shape index (κ3) is 5.66. The smallest absolute Gasteiger partial charge is 0.253 e. The summed E-state index contributed by atoms with van der Waals surface area (Å²) in [6.45, 7) is 5.49. The first-order valence-electron chi connectivity index (χ1n) is 7.72. The Morgan fingerprint density at radius 1 is 1.05 bits per heavy atom. The maximum atomic E-state index is 12.6. The van der Waals surface area contributed by atoms with E-state index in [2.05, 4.69) is 11.8 Å². The highest BCUT2D eigenvalue weighted by molar-refractivity contribution is 5.94. The Morgan fingerprint density at radius 3 is 2.23 bits per heavy atom. The molecular weight excluding hydrogens is 280 g/mol. The minimum absolute atomic E-state index is 0.0406. The molecule has 0 spiro atoms. The third-order valence-electron chi connectivity index (χ3n) is 3.66. The van der Waals surface area contributed by atoms with Crippen molar-refractivity contribution in [2.75, 3.05) is 59.0 Å². The fourth-order valence-corrected chi connectivity index (χ4v) is 2.14. The molecule has 0 aliphatic rings. The van der Waals surface area contributed by atoms with Crippen LogP contribution in [0.1, 0.15) is 23.7 Å². The standard InChI is InChI=1S/C17H28N2O3/c1-5-18(2)16-9-7-15(8-10-16)17(20)19(12-14-22-4)11-6-13-21-3/h7-10H,5-6,11-14H2,1-4H3. The highest BCUT2D eigenvalue weighted by atomic mass is 16.5. The summed E-state index contributed by atoms with van der Waals surface area (Å²) >= 11 is 0. The largest absolute Gasteiger partial charge is 0.385 e. The van der Waals surface area contributed by atoms with Crippen LogP contribution in [0.4, 0.5) is 5.69 Å². The van der Waals surface area contributed by atoms with Gasteiger partial charge in [0.1, 0.15) is 0 Å². The lowest BCUT2D eigenvalue weighted by molar-refractivity contribution is 0.0674. The number of methoxy groups -OCH3 is 2. The normalized spacial score (nSPS) is 10.5. The number of carbonyl (C=O) groups excluding carboxylic acids is 1. The minimum atomic E-state index is 0.0406. The van der Waals surface area contributed by atoms with Crippen molar-refractivity contribution in [3.63, 3.8) is 0 Å². The molecule has 0 saturated carbocycles. The molecule has 0 fully saturated rings. The molecule has 0 bridgehead atoms. The fourth-order valence-electron chi connectivity index (χ4n) is 2.14. The van der Waals surface area contributed by atoms with Crippen LogP contribution < -0.4 is 4.90 Å². The van der Waals surface area contributed by atoms with E-state index in [0.29, 0.717) is 31.9 Å². The van der Waals surface area contributed by atoms with Gasteiger partial charge in [0.15, 0.2) is 0 Å². The van der Waals surface area contributed by atoms with Crippen LogP contribution in [0, 0.1) is 0 Å². The van der Waals surface area contributed by atoms with Gasteiger partial charge in [0.05, 0.1) is 6.61 Å². The minimum Gasteiger partial charge on any atom is -0.385 e. The van der Waals surface area contributed by atoms with Crippen molar-refractivity contribution in [3.8, 4) is 0 Å². The lowest BCUT2D eigenvalue weighted by Gasteiger charge is -2.23. The van der Waals surface area contributed by atoms with E-state index in [4.69, 9.17) is 9.47 Å². The average molecular weight is 308 g/mol. The molecule has 0 aromatic heterocycles. The van der Waals surface area contributed by atoms with Gasteiger partial charge in [-0.15, -0.1) is 0 Å². The van der Waals surface area contributed by atoms with Crippen molar-refractivity contribution in [2.24, 2.45) is 0 Å². The summed E-state index contributed by atoms with van der Waals surface area (Å²) in [7, 11) is 5.35. The summed E-state index contributed by atoms with van der Waals surface area (Å²) in [4.78, 5) is 16.6. The Balaban J connectivity index is 2.74. The van der Waals surface area contributed by atoms with Gasteiger partial charge in [-0.3, -0.25) is 4.79 Å². The van der Waals surface area contributed by atoms with Crippen molar-refractivity contribution < 1.29 is 14.3 Å². The number of hydrogen-bond acceptors (Lipinski definition) is 4. The molecule has 0 atom stereocenters. The molecule has 1 aromatic carbocycles. The maximum Gasteiger partial charge on any atom is 0.253 e. The molecule has 1 amide bonds. The third-order valence-corrected chi connectivity index (χ3v) is 3.66. The number of hydrogen-bond donors (Lipinski definition) is 0. The van der Waals surface area contributed by atoms with Gasteiger partial charge >= 0.3 is 0 Å². The predicted molar refractivity (Wildman–Crippen MR) is 89.7 cm³/mol. The van der Waals surface area contributed by atoms with Crippen LogP contribution >= 0.6 is 0 Å². The number of amides is 1. The van der Waals surface area contributed by atoms with Crippen LogP contribution in [0.2, 0.25) is 0 Å². The molecule has 1 rings (SSSR count). The van der Waals surface area contributed by atoms with E-state index < -0.39 is 0 Å². The molecule has 5 nitrogen and oxygen atoms in total. The van der Waals surface area contributed by atoms with Crippen molar-refractivity contribution >= 4 is 11.6 Å². The van der Waals surface area contributed by atoms with Crippen molar-refractivity contribution in [3.05, 3.63) is 29.8 Å². The monoisotopic (exact) mass is 308 g/mol. The van der Waals surface area contributed by atoms with Crippen LogP contribution in [0.5, 0.6) is 0 Å². The van der Waals surface area contributed by atoms with Crippen LogP contribution in [-0.2, 0) is 9.47 Å². The second-order valence-electron chi connectivity index (χ2n) is 5.19. The van der Waals surface area contributed by atoms with E-state index >= 15 is 0 Å². The summed E-state index contributed by atoms with van der Waals surface area (Å²) in [5.41, 5.74) is 1.82. The van der Waals surface area contributed by atoms with E-state index in [1.165, 1.54) is 0 Å². The maximum absolute atomic E-state index is 12.6. The molecule has 0 N–H and O–H groups in total. The van der Waals surface area contributed by atoms with Crippen molar-refractivity contribution in [2.45, 2.75) is 13.3 Å². The van der Waals surface area contributed by atoms with E-state index in [-0.39, 0.29) is 5.91 Å². The number of anilines is 1. The Morgan fingerprint density at radius 2 is 1.68 bits per heavy atom.